The standard InChI is InChI=1S/C11H11N3O4S.C11H11N3O3.C11H10N2.C10H11N.C8H13NO2.C8H7N.C7H3FN2O2.C7H11NO2.C5H5N/c1-12-10-8-9(14(15)16)2-3-11(10)13-4-6-19(17,18)7-5-13;1-12-10-8-9(14(15)16)2-3-11(10)13-4-6-17-7-5-13;1-12-7-6-9-8-13-11-5-3-2-4-10(9)11;1-7-5-8(2)10(11-4)9(3)6-7;1-6(2)5-7(9-3)8(10)11-4;1-7-3-5-8(9-2)6-4-7;1-9-7-4-5(10(11)12)2-3-6(7)8;1-5(2)6(8-3)7(9)10-4;1-3-4-5-6-2/h2-3,8H,4-7H2;2-3,8H,4-7H2;2-5,8,13H,6-7H2;5-6H,1-3H3;6-7H,5H2,1-2,4H3;3-6H,1H3;2-4H;5-6H,1-2,4H3;1H,4-5H2. The number of sulfone groups is 1. The summed E-state index contributed by atoms with van der Waals surface area (Å²) in [6, 6.07) is 29.8. The van der Waals surface area contributed by atoms with Crippen LogP contribution in [0.2, 0.25) is 0 Å². The number of esters is 2. The summed E-state index contributed by atoms with van der Waals surface area (Å²) < 4.78 is 49.4. The van der Waals surface area contributed by atoms with Gasteiger partial charge in [0.1, 0.15) is 5.82 Å². The van der Waals surface area contributed by atoms with Crippen LogP contribution in [0.4, 0.5) is 61.3 Å². The molecule has 9 rings (SSSR count). The summed E-state index contributed by atoms with van der Waals surface area (Å²) in [7, 11) is -0.391. The average Bonchev–Trinajstić information content (AvgIpc) is 0.889. The van der Waals surface area contributed by atoms with Crippen LogP contribution >= 0.6 is 0 Å². The van der Waals surface area contributed by atoms with Gasteiger partial charge in [-0.3, -0.25) is 30.3 Å². The van der Waals surface area contributed by atoms with Gasteiger partial charge in [-0.05, 0) is 74.6 Å². The number of hydrogen-bond donors (Lipinski definition) is 1. The molecule has 2 saturated heterocycles. The molecule has 2 aliphatic rings. The van der Waals surface area contributed by atoms with E-state index in [1.54, 1.807) is 11.0 Å². The maximum atomic E-state index is 12.6. The van der Waals surface area contributed by atoms with E-state index < -0.39 is 54.4 Å². The molecule has 6 aromatic carbocycles. The molecule has 560 valence electrons. The summed E-state index contributed by atoms with van der Waals surface area (Å²) in [4.78, 5) is 87.1. The Morgan fingerprint density at radius 3 is 1.50 bits per heavy atom. The summed E-state index contributed by atoms with van der Waals surface area (Å²) in [5, 5.41) is 32.7. The number of anilines is 2. The third-order valence-electron chi connectivity index (χ3n) is 14.9. The molecule has 1 N–H and O–H groups in total. The van der Waals surface area contributed by atoms with Crippen LogP contribution in [-0.4, -0.2) is 130 Å². The van der Waals surface area contributed by atoms with E-state index >= 15 is 0 Å². The second-order valence-corrected chi connectivity index (χ2v) is 25.9. The summed E-state index contributed by atoms with van der Waals surface area (Å²) in [6.45, 7) is 80.4. The maximum Gasteiger partial charge on any atom is 0.390 e. The molecule has 3 heterocycles. The number of fused-ring (bicyclic) bond motifs is 1. The number of halogens is 1. The van der Waals surface area contributed by atoms with Crippen molar-refractivity contribution in [3.8, 4) is 12.3 Å². The Labute approximate surface area is 630 Å². The highest BCUT2D eigenvalue weighted by atomic mass is 32.2. The monoisotopic (exact) mass is 1490 g/mol. The third kappa shape index (κ3) is 33.2. The third-order valence-corrected chi connectivity index (χ3v) is 16.5. The van der Waals surface area contributed by atoms with Crippen molar-refractivity contribution in [3.63, 3.8) is 0 Å². The van der Waals surface area contributed by atoms with Gasteiger partial charge >= 0.3 is 24.0 Å². The number of nitrogens with zero attached hydrogens (tertiary/aromatic N) is 14. The van der Waals surface area contributed by atoms with Crippen LogP contribution in [0.25, 0.3) is 54.5 Å². The fraction of sp³-hybridized carbons (Fsp3) is 0.346. The molecule has 0 aliphatic carbocycles. The van der Waals surface area contributed by atoms with E-state index in [1.807, 2.05) is 115 Å². The molecule has 0 radical (unpaired) electrons. The van der Waals surface area contributed by atoms with Crippen LogP contribution in [0, 0.1) is 147 Å². The van der Waals surface area contributed by atoms with Crippen LogP contribution in [0.5, 0.6) is 0 Å². The van der Waals surface area contributed by atoms with Gasteiger partial charge in [0.15, 0.2) is 21.2 Å². The summed E-state index contributed by atoms with van der Waals surface area (Å²) in [5.41, 5.74) is 9.49. The van der Waals surface area contributed by atoms with Gasteiger partial charge in [-0.25, -0.2) is 72.9 Å². The van der Waals surface area contributed by atoms with Crippen molar-refractivity contribution in [2.24, 2.45) is 11.8 Å². The average molecular weight is 1490 g/mol. The van der Waals surface area contributed by atoms with Crippen LogP contribution in [-0.2, 0) is 40.1 Å². The lowest BCUT2D eigenvalue weighted by molar-refractivity contribution is -0.385. The summed E-state index contributed by atoms with van der Waals surface area (Å²) in [6.07, 6.45) is 8.82. The minimum absolute atomic E-state index is 0.0324. The number of nitro groups is 3. The van der Waals surface area contributed by atoms with Crippen LogP contribution in [0.1, 0.15) is 68.4 Å². The first-order chi connectivity index (χ1) is 51.3. The van der Waals surface area contributed by atoms with Gasteiger partial charge in [0.2, 0.25) is 30.2 Å². The quantitative estimate of drug-likeness (QED) is 0.0280. The Balaban J connectivity index is 0.000000617. The highest BCUT2D eigenvalue weighted by Gasteiger charge is 2.29. The predicted molar refractivity (Wildman–Crippen MR) is 414 cm³/mol. The summed E-state index contributed by atoms with van der Waals surface area (Å²) >= 11 is 0. The molecular formula is C78H82FN15O13S. The van der Waals surface area contributed by atoms with E-state index in [0.29, 0.717) is 88.3 Å². The normalized spacial score (nSPS) is 12.1. The smallest absolute Gasteiger partial charge is 0.390 e. The molecule has 2 fully saturated rings. The number of aromatic nitrogens is 1. The number of carbonyl (C=O) groups excluding carboxylic acids is 2. The lowest BCUT2D eigenvalue weighted by Crippen LogP contribution is -2.40. The number of terminal acetylenes is 1. The van der Waals surface area contributed by atoms with E-state index in [9.17, 15) is 52.7 Å². The number of ether oxygens (including phenoxy) is 3. The van der Waals surface area contributed by atoms with Crippen molar-refractivity contribution < 1.29 is 51.4 Å². The number of carbonyl (C=O) groups is 2. The second-order valence-electron chi connectivity index (χ2n) is 23.6. The van der Waals surface area contributed by atoms with Crippen molar-refractivity contribution in [1.82, 2.24) is 4.98 Å². The van der Waals surface area contributed by atoms with Crippen molar-refractivity contribution in [2.45, 2.75) is 86.7 Å². The van der Waals surface area contributed by atoms with E-state index in [2.05, 4.69) is 76.1 Å². The zero-order valence-corrected chi connectivity index (χ0v) is 62.3. The molecule has 2 aliphatic heterocycles. The molecule has 1 aromatic heterocycles. The maximum absolute atomic E-state index is 12.6. The van der Waals surface area contributed by atoms with Crippen LogP contribution in [0.3, 0.4) is 0 Å². The van der Waals surface area contributed by atoms with Crippen molar-refractivity contribution in [1.29, 1.82) is 0 Å². The van der Waals surface area contributed by atoms with Gasteiger partial charge in [0.25, 0.3) is 17.1 Å². The van der Waals surface area contributed by atoms with E-state index in [0.717, 1.165) is 52.6 Å². The highest BCUT2D eigenvalue weighted by molar-refractivity contribution is 7.91. The molecular weight excluding hydrogens is 1410 g/mol. The van der Waals surface area contributed by atoms with Gasteiger partial charge in [-0.1, -0.05) is 99.3 Å². The zero-order valence-electron chi connectivity index (χ0n) is 61.5. The topological polar surface area (TPSA) is 287 Å². The van der Waals surface area contributed by atoms with Crippen LogP contribution in [0.15, 0.2) is 121 Å². The molecule has 7 aromatic rings. The lowest BCUT2D eigenvalue weighted by Gasteiger charge is -2.29. The molecule has 2 unspecified atom stereocenters. The van der Waals surface area contributed by atoms with Gasteiger partial charge in [0.05, 0.1) is 93.0 Å². The lowest BCUT2D eigenvalue weighted by atomic mass is 10.0. The van der Waals surface area contributed by atoms with Crippen molar-refractivity contribution >= 4 is 89.6 Å². The Hall–Kier alpha value is -13.6. The van der Waals surface area contributed by atoms with Gasteiger partial charge in [-0.15, -0.1) is 6.42 Å². The molecule has 28 nitrogen and oxygen atoms in total. The fourth-order valence-electron chi connectivity index (χ4n) is 9.40. The number of methoxy groups -OCH3 is 2. The van der Waals surface area contributed by atoms with Gasteiger partial charge in [0, 0.05) is 110 Å². The summed E-state index contributed by atoms with van der Waals surface area (Å²) in [5.74, 6) is 1.23. The Kier molecular flexibility index (Phi) is 42.7. The number of non-ortho nitro benzene ring substituents is 3. The molecule has 30 heteroatoms. The molecule has 0 amide bonds. The van der Waals surface area contributed by atoms with Crippen molar-refractivity contribution in [3.05, 3.63) is 288 Å². The highest BCUT2D eigenvalue weighted by Crippen LogP contribution is 2.35. The second kappa shape index (κ2) is 49.9. The van der Waals surface area contributed by atoms with Crippen LogP contribution < -0.4 is 9.80 Å². The predicted octanol–water partition coefficient (Wildman–Crippen LogP) is 17.5. The number of nitrogens with one attached hydrogen (secondary N) is 1. The number of hydrogen-bond acceptors (Lipinski definition) is 15. The van der Waals surface area contributed by atoms with Gasteiger partial charge < -0.3 is 48.4 Å². The molecule has 108 heavy (non-hydrogen) atoms. The van der Waals surface area contributed by atoms with E-state index in [4.69, 9.17) is 70.3 Å². The number of nitro benzene ring substituents is 3. The Morgan fingerprint density at radius 2 is 1.10 bits per heavy atom. The van der Waals surface area contributed by atoms with E-state index in [1.165, 1.54) is 66.6 Å². The van der Waals surface area contributed by atoms with Crippen molar-refractivity contribution in [2.75, 3.05) is 88.0 Å². The Bertz CT molecular complexity index is 4710. The zero-order chi connectivity index (χ0) is 81.5. The fourth-order valence-corrected chi connectivity index (χ4v) is 10.6. The molecule has 0 bridgehead atoms. The first kappa shape index (κ1) is 92.4. The SMILES string of the molecule is [C-]#[N+]C(C(=O)OC)C(C)C.[C-]#[N+]C(CC(C)C)C(=O)OC.[C-]#[N+]CCC#C.[C-]#[N+]CCc1c[nH]c2ccccc12.[C-]#[N+]c1c(C)cc(C)cc1C.[C-]#[N+]c1cc([N+](=O)[O-])ccc1F.[C-]#[N+]c1cc([N+](=O)[O-])ccc1N1CCOCC1.[C-]#[N+]c1cc([N+](=O)[O-])ccc1N1CCS(=O)(=O)CC1.[C-]#[N+]c1ccc(C)cc1. The minimum atomic E-state index is -2.99. The number of para-hydroxylation sites is 1. The largest absolute Gasteiger partial charge is 0.463 e. The number of rotatable bonds is 13. The number of aromatic amines is 1. The minimum Gasteiger partial charge on any atom is -0.463 e. The first-order valence-electron chi connectivity index (χ1n) is 32.7. The van der Waals surface area contributed by atoms with Gasteiger partial charge in [-0.2, -0.15) is 0 Å². The number of aryl methyl sites for hydroxylation is 4. The van der Waals surface area contributed by atoms with E-state index in [-0.39, 0.29) is 45.9 Å². The molecule has 0 spiro atoms. The number of H-pyrrole nitrogens is 1. The molecule has 2 atom stereocenters. The number of benzene rings is 6. The first-order valence-corrected chi connectivity index (χ1v) is 34.5. The molecule has 0 saturated carbocycles. The number of morpholine rings is 1. The Morgan fingerprint density at radius 1 is 0.620 bits per heavy atom.